The number of hydrogen-bond acceptors (Lipinski definition) is 3. The third-order valence-electron chi connectivity index (χ3n) is 3.19. The van der Waals surface area contributed by atoms with Crippen molar-refractivity contribution >= 4 is 11.9 Å². The molecule has 4 heteroatoms. The molecule has 1 amide bonds. The van der Waals surface area contributed by atoms with E-state index in [1.807, 2.05) is 30.3 Å². The van der Waals surface area contributed by atoms with Gasteiger partial charge in [-0.1, -0.05) is 43.7 Å². The Hall–Kier alpha value is -1.84. The van der Waals surface area contributed by atoms with Gasteiger partial charge in [-0.3, -0.25) is 4.79 Å². The number of amides is 1. The van der Waals surface area contributed by atoms with Crippen molar-refractivity contribution in [1.29, 1.82) is 0 Å². The van der Waals surface area contributed by atoms with Crippen molar-refractivity contribution in [3.8, 4) is 0 Å². The fraction of sp³-hybridized carbons (Fsp3) is 0.500. The number of carbonyl (C=O) groups excluding carboxylic acids is 2. The van der Waals surface area contributed by atoms with Crippen LogP contribution in [0.5, 0.6) is 0 Å². The van der Waals surface area contributed by atoms with E-state index in [2.05, 4.69) is 12.2 Å². The summed E-state index contributed by atoms with van der Waals surface area (Å²) < 4.78 is 5.10. The highest BCUT2D eigenvalue weighted by Gasteiger charge is 2.13. The summed E-state index contributed by atoms with van der Waals surface area (Å²) in [4.78, 5) is 22.9. The largest absolute Gasteiger partial charge is 0.445 e. The maximum absolute atomic E-state index is 11.5. The quantitative estimate of drug-likeness (QED) is 0.793. The molecule has 1 aromatic carbocycles. The zero-order chi connectivity index (χ0) is 14.8. The van der Waals surface area contributed by atoms with Gasteiger partial charge in [0.25, 0.3) is 0 Å². The molecule has 0 saturated carbocycles. The third kappa shape index (κ3) is 6.36. The van der Waals surface area contributed by atoms with E-state index >= 15 is 0 Å². The summed E-state index contributed by atoms with van der Waals surface area (Å²) in [7, 11) is 0. The minimum absolute atomic E-state index is 0.0365. The first-order valence-corrected chi connectivity index (χ1v) is 7.08. The smallest absolute Gasteiger partial charge is 0.407 e. The lowest BCUT2D eigenvalue weighted by Gasteiger charge is -2.13. The van der Waals surface area contributed by atoms with E-state index < -0.39 is 6.09 Å². The molecule has 0 aliphatic heterocycles. The van der Waals surface area contributed by atoms with Gasteiger partial charge >= 0.3 is 6.09 Å². The fourth-order valence-corrected chi connectivity index (χ4v) is 2.02. The number of alkyl carbamates (subject to hydrolysis) is 1. The molecular formula is C16H23NO3. The van der Waals surface area contributed by atoms with Crippen LogP contribution in [0.15, 0.2) is 30.3 Å². The molecule has 0 aliphatic rings. The summed E-state index contributed by atoms with van der Waals surface area (Å²) in [6, 6.07) is 9.53. The van der Waals surface area contributed by atoms with Crippen LogP contribution in [0, 0.1) is 5.92 Å². The molecule has 1 N–H and O–H groups in total. The molecule has 20 heavy (non-hydrogen) atoms. The number of carbonyl (C=O) groups is 2. The van der Waals surface area contributed by atoms with Crippen molar-refractivity contribution in [3.05, 3.63) is 35.9 Å². The maximum atomic E-state index is 11.5. The molecule has 4 nitrogen and oxygen atoms in total. The molecular weight excluding hydrogens is 254 g/mol. The third-order valence-corrected chi connectivity index (χ3v) is 3.19. The Morgan fingerprint density at radius 1 is 1.20 bits per heavy atom. The first-order valence-electron chi connectivity index (χ1n) is 7.08. The Morgan fingerprint density at radius 2 is 1.90 bits per heavy atom. The average Bonchev–Trinajstić information content (AvgIpc) is 2.45. The molecule has 0 bridgehead atoms. The number of benzene rings is 1. The van der Waals surface area contributed by atoms with Crippen LogP contribution < -0.4 is 5.32 Å². The number of rotatable bonds is 8. The van der Waals surface area contributed by atoms with Crippen LogP contribution in [-0.2, 0) is 16.1 Å². The lowest BCUT2D eigenvalue weighted by Crippen LogP contribution is -2.27. The lowest BCUT2D eigenvalue weighted by molar-refractivity contribution is -0.121. The molecule has 1 unspecified atom stereocenters. The highest BCUT2D eigenvalue weighted by Crippen LogP contribution is 2.11. The summed E-state index contributed by atoms with van der Waals surface area (Å²) in [6.45, 7) is 4.39. The predicted molar refractivity (Wildman–Crippen MR) is 78.3 cm³/mol. The molecule has 1 atom stereocenters. The van der Waals surface area contributed by atoms with Crippen molar-refractivity contribution in [2.45, 2.75) is 39.7 Å². The molecule has 0 aliphatic carbocycles. The Balaban J connectivity index is 2.21. The van der Waals surface area contributed by atoms with Gasteiger partial charge in [-0.2, -0.15) is 0 Å². The standard InChI is InChI=1S/C16H23NO3/c1-3-7-15(13(2)18)10-11-17-16(19)20-12-14-8-5-4-6-9-14/h4-6,8-9,15H,3,7,10-12H2,1-2H3,(H,17,19). The van der Waals surface area contributed by atoms with Gasteiger partial charge in [0.2, 0.25) is 0 Å². The number of ketones is 1. The molecule has 0 aromatic heterocycles. The van der Waals surface area contributed by atoms with Gasteiger partial charge in [-0.25, -0.2) is 4.79 Å². The van der Waals surface area contributed by atoms with Gasteiger partial charge in [0.1, 0.15) is 12.4 Å². The Labute approximate surface area is 120 Å². The second-order valence-electron chi connectivity index (χ2n) is 4.87. The second-order valence-corrected chi connectivity index (χ2v) is 4.87. The van der Waals surface area contributed by atoms with E-state index in [0.717, 1.165) is 18.4 Å². The van der Waals surface area contributed by atoms with Gasteiger partial charge in [0.05, 0.1) is 0 Å². The average molecular weight is 277 g/mol. The van der Waals surface area contributed by atoms with E-state index in [-0.39, 0.29) is 18.3 Å². The number of nitrogens with one attached hydrogen (secondary N) is 1. The zero-order valence-electron chi connectivity index (χ0n) is 12.2. The van der Waals surface area contributed by atoms with Crippen LogP contribution in [-0.4, -0.2) is 18.4 Å². The molecule has 110 valence electrons. The minimum atomic E-state index is -0.437. The second kappa shape index (κ2) is 9.13. The fourth-order valence-electron chi connectivity index (χ4n) is 2.02. The SMILES string of the molecule is CCCC(CCNC(=O)OCc1ccccc1)C(C)=O. The highest BCUT2D eigenvalue weighted by molar-refractivity contribution is 5.78. The number of ether oxygens (including phenoxy) is 1. The maximum Gasteiger partial charge on any atom is 0.407 e. The monoisotopic (exact) mass is 277 g/mol. The Bertz CT molecular complexity index is 417. The van der Waals surface area contributed by atoms with E-state index in [9.17, 15) is 9.59 Å². The summed E-state index contributed by atoms with van der Waals surface area (Å²) >= 11 is 0. The summed E-state index contributed by atoms with van der Waals surface area (Å²) in [5.74, 6) is 0.223. The van der Waals surface area contributed by atoms with Gasteiger partial charge in [-0.05, 0) is 25.3 Å². The number of hydrogen-bond donors (Lipinski definition) is 1. The molecule has 0 saturated heterocycles. The Morgan fingerprint density at radius 3 is 2.50 bits per heavy atom. The van der Waals surface area contributed by atoms with Crippen molar-refractivity contribution in [1.82, 2.24) is 5.32 Å². The molecule has 0 radical (unpaired) electrons. The molecule has 1 rings (SSSR count). The van der Waals surface area contributed by atoms with Crippen molar-refractivity contribution in [2.75, 3.05) is 6.54 Å². The van der Waals surface area contributed by atoms with E-state index in [1.54, 1.807) is 6.92 Å². The number of Topliss-reactive ketones (excluding diaryl/α,β-unsaturated/α-hetero) is 1. The van der Waals surface area contributed by atoms with Gasteiger partial charge in [-0.15, -0.1) is 0 Å². The highest BCUT2D eigenvalue weighted by atomic mass is 16.5. The van der Waals surface area contributed by atoms with E-state index in [1.165, 1.54) is 0 Å². The predicted octanol–water partition coefficient (Wildman–Crippen LogP) is 3.31. The first kappa shape index (κ1) is 16.2. The van der Waals surface area contributed by atoms with Crippen LogP contribution in [0.4, 0.5) is 4.79 Å². The van der Waals surface area contributed by atoms with Crippen molar-refractivity contribution < 1.29 is 14.3 Å². The van der Waals surface area contributed by atoms with Crippen LogP contribution in [0.25, 0.3) is 0 Å². The van der Waals surface area contributed by atoms with Crippen molar-refractivity contribution in [3.63, 3.8) is 0 Å². The molecule has 0 fully saturated rings. The minimum Gasteiger partial charge on any atom is -0.445 e. The molecule has 1 aromatic rings. The first-order chi connectivity index (χ1) is 9.63. The zero-order valence-corrected chi connectivity index (χ0v) is 12.2. The van der Waals surface area contributed by atoms with Crippen LogP contribution >= 0.6 is 0 Å². The summed E-state index contributed by atoms with van der Waals surface area (Å²) in [6.07, 6.45) is 2.08. The van der Waals surface area contributed by atoms with E-state index in [0.29, 0.717) is 13.0 Å². The summed E-state index contributed by atoms with van der Waals surface area (Å²) in [5.41, 5.74) is 0.954. The van der Waals surface area contributed by atoms with Crippen LogP contribution in [0.2, 0.25) is 0 Å². The normalized spacial score (nSPS) is 11.7. The van der Waals surface area contributed by atoms with Crippen LogP contribution in [0.1, 0.15) is 38.7 Å². The van der Waals surface area contributed by atoms with Gasteiger partial charge in [0.15, 0.2) is 0 Å². The van der Waals surface area contributed by atoms with Gasteiger partial charge < -0.3 is 10.1 Å². The summed E-state index contributed by atoms with van der Waals surface area (Å²) in [5, 5.41) is 2.68. The lowest BCUT2D eigenvalue weighted by atomic mass is 9.96. The van der Waals surface area contributed by atoms with Crippen molar-refractivity contribution in [2.24, 2.45) is 5.92 Å². The molecule has 0 heterocycles. The topological polar surface area (TPSA) is 55.4 Å². The van der Waals surface area contributed by atoms with Crippen LogP contribution in [0.3, 0.4) is 0 Å². The Kier molecular flexibility index (Phi) is 7.40. The van der Waals surface area contributed by atoms with Gasteiger partial charge in [0, 0.05) is 12.5 Å². The molecule has 0 spiro atoms. The van der Waals surface area contributed by atoms with E-state index in [4.69, 9.17) is 4.74 Å².